The molecule has 0 spiro atoms. The Labute approximate surface area is 119 Å². The molecule has 0 unspecified atom stereocenters. The summed E-state index contributed by atoms with van der Waals surface area (Å²) in [6, 6.07) is 12.7. The standard InChI is InChI=1S/C17H21NO2/c1-18-12-16-15-5-3-2-4-13(15)6-7-17(16)20-14-8-10-19-11-9-14/h2-7,14,18H,8-12H2,1H3. The van der Waals surface area contributed by atoms with Crippen molar-refractivity contribution in [1.82, 2.24) is 5.32 Å². The lowest BCUT2D eigenvalue weighted by atomic mass is 10.0. The summed E-state index contributed by atoms with van der Waals surface area (Å²) in [5.74, 6) is 1.00. The maximum atomic E-state index is 6.23. The van der Waals surface area contributed by atoms with E-state index in [1.807, 2.05) is 7.05 Å². The van der Waals surface area contributed by atoms with Crippen molar-refractivity contribution in [2.75, 3.05) is 20.3 Å². The number of nitrogens with one attached hydrogen (secondary N) is 1. The summed E-state index contributed by atoms with van der Waals surface area (Å²) in [6.07, 6.45) is 2.23. The molecule has 3 nitrogen and oxygen atoms in total. The molecule has 0 aromatic heterocycles. The van der Waals surface area contributed by atoms with Gasteiger partial charge >= 0.3 is 0 Å². The van der Waals surface area contributed by atoms with E-state index in [1.165, 1.54) is 16.3 Å². The van der Waals surface area contributed by atoms with Crippen molar-refractivity contribution < 1.29 is 9.47 Å². The van der Waals surface area contributed by atoms with Crippen LogP contribution >= 0.6 is 0 Å². The molecule has 1 fully saturated rings. The van der Waals surface area contributed by atoms with Crippen LogP contribution in [0.3, 0.4) is 0 Å². The summed E-state index contributed by atoms with van der Waals surface area (Å²) >= 11 is 0. The fourth-order valence-electron chi connectivity index (χ4n) is 2.76. The second-order valence-corrected chi connectivity index (χ2v) is 5.22. The third-order valence-corrected chi connectivity index (χ3v) is 3.81. The van der Waals surface area contributed by atoms with Gasteiger partial charge in [-0.3, -0.25) is 0 Å². The maximum Gasteiger partial charge on any atom is 0.124 e. The van der Waals surface area contributed by atoms with E-state index in [4.69, 9.17) is 9.47 Å². The molecule has 1 heterocycles. The number of fused-ring (bicyclic) bond motifs is 1. The van der Waals surface area contributed by atoms with E-state index in [9.17, 15) is 0 Å². The van der Waals surface area contributed by atoms with Gasteiger partial charge in [0.1, 0.15) is 11.9 Å². The monoisotopic (exact) mass is 271 g/mol. The van der Waals surface area contributed by atoms with Crippen molar-refractivity contribution in [3.63, 3.8) is 0 Å². The molecule has 2 aromatic carbocycles. The molecule has 106 valence electrons. The number of hydrogen-bond acceptors (Lipinski definition) is 3. The molecular weight excluding hydrogens is 250 g/mol. The fraction of sp³-hybridized carbons (Fsp3) is 0.412. The number of benzene rings is 2. The molecule has 3 heteroatoms. The van der Waals surface area contributed by atoms with Crippen molar-refractivity contribution in [3.8, 4) is 5.75 Å². The summed E-state index contributed by atoms with van der Waals surface area (Å²) in [4.78, 5) is 0. The van der Waals surface area contributed by atoms with Crippen molar-refractivity contribution in [1.29, 1.82) is 0 Å². The first kappa shape index (κ1) is 13.4. The molecular formula is C17H21NO2. The first-order chi connectivity index (χ1) is 9.88. The third kappa shape index (κ3) is 2.79. The van der Waals surface area contributed by atoms with Gasteiger partial charge < -0.3 is 14.8 Å². The Bertz CT molecular complexity index is 576. The second kappa shape index (κ2) is 6.25. The van der Waals surface area contributed by atoms with Crippen LogP contribution in [-0.2, 0) is 11.3 Å². The minimum absolute atomic E-state index is 0.278. The van der Waals surface area contributed by atoms with Gasteiger partial charge in [-0.25, -0.2) is 0 Å². The molecule has 0 saturated carbocycles. The molecule has 1 saturated heterocycles. The molecule has 0 bridgehead atoms. The normalized spacial score (nSPS) is 16.4. The van der Waals surface area contributed by atoms with Crippen LogP contribution in [0.2, 0.25) is 0 Å². The van der Waals surface area contributed by atoms with E-state index >= 15 is 0 Å². The lowest BCUT2D eigenvalue weighted by Crippen LogP contribution is -2.26. The molecule has 1 N–H and O–H groups in total. The first-order valence-corrected chi connectivity index (χ1v) is 7.28. The van der Waals surface area contributed by atoms with Crippen LogP contribution in [0.4, 0.5) is 0 Å². The molecule has 1 aliphatic rings. The Kier molecular flexibility index (Phi) is 4.19. The topological polar surface area (TPSA) is 30.5 Å². The summed E-state index contributed by atoms with van der Waals surface area (Å²) in [7, 11) is 1.97. The largest absolute Gasteiger partial charge is 0.490 e. The molecule has 2 aromatic rings. The SMILES string of the molecule is CNCc1c(OC2CCOCC2)ccc2ccccc12. The van der Waals surface area contributed by atoms with Gasteiger partial charge in [-0.15, -0.1) is 0 Å². The predicted molar refractivity (Wildman–Crippen MR) is 81.2 cm³/mol. The molecule has 1 aliphatic heterocycles. The minimum Gasteiger partial charge on any atom is -0.490 e. The number of hydrogen-bond donors (Lipinski definition) is 1. The summed E-state index contributed by atoms with van der Waals surface area (Å²) in [6.45, 7) is 2.43. The Morgan fingerprint density at radius 2 is 1.95 bits per heavy atom. The number of ether oxygens (including phenoxy) is 2. The third-order valence-electron chi connectivity index (χ3n) is 3.81. The quantitative estimate of drug-likeness (QED) is 0.927. The van der Waals surface area contributed by atoms with Crippen LogP contribution < -0.4 is 10.1 Å². The molecule has 0 atom stereocenters. The Morgan fingerprint density at radius 1 is 1.15 bits per heavy atom. The Balaban J connectivity index is 1.94. The zero-order chi connectivity index (χ0) is 13.8. The average molecular weight is 271 g/mol. The first-order valence-electron chi connectivity index (χ1n) is 7.28. The summed E-state index contributed by atoms with van der Waals surface area (Å²) in [5, 5.41) is 5.78. The van der Waals surface area contributed by atoms with Gasteiger partial charge in [-0.1, -0.05) is 30.3 Å². The van der Waals surface area contributed by atoms with Crippen LogP contribution in [0.15, 0.2) is 36.4 Å². The molecule has 3 rings (SSSR count). The van der Waals surface area contributed by atoms with Crippen molar-refractivity contribution in [2.24, 2.45) is 0 Å². The summed E-state index contributed by atoms with van der Waals surface area (Å²) < 4.78 is 11.6. The van der Waals surface area contributed by atoms with Gasteiger partial charge in [-0.2, -0.15) is 0 Å². The highest BCUT2D eigenvalue weighted by molar-refractivity contribution is 5.87. The second-order valence-electron chi connectivity index (χ2n) is 5.22. The van der Waals surface area contributed by atoms with Gasteiger partial charge in [0.25, 0.3) is 0 Å². The van der Waals surface area contributed by atoms with Crippen molar-refractivity contribution in [2.45, 2.75) is 25.5 Å². The lowest BCUT2D eigenvalue weighted by Gasteiger charge is -2.25. The number of rotatable bonds is 4. The Hall–Kier alpha value is -1.58. The fourth-order valence-corrected chi connectivity index (χ4v) is 2.76. The van der Waals surface area contributed by atoms with Crippen LogP contribution in [0.1, 0.15) is 18.4 Å². The highest BCUT2D eigenvalue weighted by Crippen LogP contribution is 2.30. The highest BCUT2D eigenvalue weighted by Gasteiger charge is 2.17. The maximum absolute atomic E-state index is 6.23. The van der Waals surface area contributed by atoms with Crippen molar-refractivity contribution >= 4 is 10.8 Å². The molecule has 20 heavy (non-hydrogen) atoms. The molecule has 0 aliphatic carbocycles. The zero-order valence-electron chi connectivity index (χ0n) is 11.9. The van der Waals surface area contributed by atoms with E-state index in [-0.39, 0.29) is 6.10 Å². The smallest absolute Gasteiger partial charge is 0.124 e. The Morgan fingerprint density at radius 3 is 2.75 bits per heavy atom. The van der Waals surface area contributed by atoms with Gasteiger partial charge in [0.15, 0.2) is 0 Å². The van der Waals surface area contributed by atoms with E-state index in [1.54, 1.807) is 0 Å². The minimum atomic E-state index is 0.278. The summed E-state index contributed by atoms with van der Waals surface area (Å²) in [5.41, 5.74) is 1.25. The van der Waals surface area contributed by atoms with Crippen molar-refractivity contribution in [3.05, 3.63) is 42.0 Å². The average Bonchev–Trinajstić information content (AvgIpc) is 2.51. The van der Waals surface area contributed by atoms with Crippen LogP contribution in [-0.4, -0.2) is 26.4 Å². The van der Waals surface area contributed by atoms with Crippen LogP contribution in [0, 0.1) is 0 Å². The lowest BCUT2D eigenvalue weighted by molar-refractivity contribution is 0.0252. The van der Waals surface area contributed by atoms with E-state index in [0.717, 1.165) is 38.3 Å². The highest BCUT2D eigenvalue weighted by atomic mass is 16.5. The van der Waals surface area contributed by atoms with Gasteiger partial charge in [0.2, 0.25) is 0 Å². The molecule has 0 amide bonds. The van der Waals surface area contributed by atoms with Crippen LogP contribution in [0.5, 0.6) is 5.75 Å². The zero-order valence-corrected chi connectivity index (χ0v) is 11.9. The van der Waals surface area contributed by atoms with Gasteiger partial charge in [-0.05, 0) is 23.9 Å². The van der Waals surface area contributed by atoms with E-state index in [0.29, 0.717) is 0 Å². The van der Waals surface area contributed by atoms with Gasteiger partial charge in [0, 0.05) is 24.9 Å². The van der Waals surface area contributed by atoms with E-state index < -0.39 is 0 Å². The van der Waals surface area contributed by atoms with Gasteiger partial charge in [0.05, 0.1) is 13.2 Å². The van der Waals surface area contributed by atoms with Crippen LogP contribution in [0.25, 0.3) is 10.8 Å². The van der Waals surface area contributed by atoms with E-state index in [2.05, 4.69) is 41.7 Å². The predicted octanol–water partition coefficient (Wildman–Crippen LogP) is 3.12. The molecule has 0 radical (unpaired) electrons.